The van der Waals surface area contributed by atoms with Crippen molar-refractivity contribution in [3.05, 3.63) is 18.0 Å². The summed E-state index contributed by atoms with van der Waals surface area (Å²) in [6.07, 6.45) is 4.05. The van der Waals surface area contributed by atoms with Crippen molar-refractivity contribution in [2.45, 2.75) is 18.9 Å². The molecule has 0 saturated carbocycles. The van der Waals surface area contributed by atoms with Crippen LogP contribution in [0.5, 0.6) is 0 Å². The van der Waals surface area contributed by atoms with E-state index in [2.05, 4.69) is 27.1 Å². The van der Waals surface area contributed by atoms with E-state index < -0.39 is 0 Å². The van der Waals surface area contributed by atoms with Gasteiger partial charge in [-0.3, -0.25) is 0 Å². The molecule has 7 heteroatoms. The molecule has 1 unspecified atom stereocenters. The smallest absolute Gasteiger partial charge is 0.225 e. The first-order valence-corrected chi connectivity index (χ1v) is 6.34. The molecule has 0 aliphatic carbocycles. The lowest BCUT2D eigenvalue weighted by Crippen LogP contribution is -2.37. The van der Waals surface area contributed by atoms with Gasteiger partial charge < -0.3 is 20.7 Å². The van der Waals surface area contributed by atoms with Crippen molar-refractivity contribution in [2.75, 3.05) is 32.1 Å². The van der Waals surface area contributed by atoms with Crippen LogP contribution in [0, 0.1) is 0 Å². The lowest BCUT2D eigenvalue weighted by molar-refractivity contribution is 0.313. The first-order chi connectivity index (χ1) is 9.11. The van der Waals surface area contributed by atoms with Gasteiger partial charge in [0.15, 0.2) is 5.84 Å². The number of anilines is 1. The number of nitrogens with zero attached hydrogens (tertiary/aromatic N) is 5. The minimum atomic E-state index is -0.00460. The number of hydrogen-bond donors (Lipinski definition) is 2. The molecule has 1 saturated heterocycles. The maximum Gasteiger partial charge on any atom is 0.225 e. The van der Waals surface area contributed by atoms with Crippen LogP contribution in [-0.4, -0.2) is 59.1 Å². The molecule has 0 bridgehead atoms. The van der Waals surface area contributed by atoms with Gasteiger partial charge in [-0.25, -0.2) is 9.97 Å². The second-order valence-electron chi connectivity index (χ2n) is 4.88. The van der Waals surface area contributed by atoms with E-state index in [0.29, 0.717) is 17.7 Å². The molecule has 2 heterocycles. The maximum atomic E-state index is 8.66. The number of likely N-dealkylation sites (tertiary alicyclic amines) is 1. The molecule has 1 fully saturated rings. The van der Waals surface area contributed by atoms with Crippen LogP contribution in [0.4, 0.5) is 5.95 Å². The van der Waals surface area contributed by atoms with Crippen molar-refractivity contribution in [2.24, 2.45) is 10.9 Å². The van der Waals surface area contributed by atoms with Crippen molar-refractivity contribution in [3.8, 4) is 0 Å². The molecular formula is C12H20N6O. The van der Waals surface area contributed by atoms with Crippen molar-refractivity contribution >= 4 is 11.8 Å². The molecular weight excluding hydrogens is 244 g/mol. The maximum absolute atomic E-state index is 8.66. The Labute approximate surface area is 112 Å². The highest BCUT2D eigenvalue weighted by Crippen LogP contribution is 2.17. The first kappa shape index (κ1) is 13.5. The Balaban J connectivity index is 2.08. The Morgan fingerprint density at radius 2 is 2.47 bits per heavy atom. The van der Waals surface area contributed by atoms with Crippen molar-refractivity contribution < 1.29 is 5.21 Å². The zero-order valence-electron chi connectivity index (χ0n) is 11.3. The van der Waals surface area contributed by atoms with Crippen molar-refractivity contribution in [1.29, 1.82) is 0 Å². The summed E-state index contributed by atoms with van der Waals surface area (Å²) in [4.78, 5) is 12.9. The summed E-state index contributed by atoms with van der Waals surface area (Å²) < 4.78 is 0. The van der Waals surface area contributed by atoms with Crippen LogP contribution < -0.4 is 10.6 Å². The predicted octanol–water partition coefficient (Wildman–Crippen LogP) is 0.102. The Kier molecular flexibility index (Phi) is 4.16. The number of amidine groups is 1. The summed E-state index contributed by atoms with van der Waals surface area (Å²) in [7, 11) is 4.09. The molecule has 0 spiro atoms. The van der Waals surface area contributed by atoms with E-state index in [1.165, 1.54) is 12.8 Å². The van der Waals surface area contributed by atoms with Gasteiger partial charge in [0.05, 0.1) is 0 Å². The number of oxime groups is 1. The summed E-state index contributed by atoms with van der Waals surface area (Å²) >= 11 is 0. The largest absolute Gasteiger partial charge is 0.409 e. The molecule has 1 aliphatic rings. The molecule has 1 aliphatic heterocycles. The Hall–Kier alpha value is -1.89. The SMILES string of the molecule is CN(CC1CCCN1C)c1nccc(/C(N)=N/O)n1. The van der Waals surface area contributed by atoms with Crippen LogP contribution in [0.15, 0.2) is 17.4 Å². The fraction of sp³-hybridized carbons (Fsp3) is 0.583. The van der Waals surface area contributed by atoms with Gasteiger partial charge in [-0.05, 0) is 32.5 Å². The second-order valence-corrected chi connectivity index (χ2v) is 4.88. The monoisotopic (exact) mass is 264 g/mol. The molecule has 1 atom stereocenters. The third-order valence-corrected chi connectivity index (χ3v) is 3.51. The molecule has 3 N–H and O–H groups in total. The number of rotatable bonds is 4. The topological polar surface area (TPSA) is 90.9 Å². The van der Waals surface area contributed by atoms with Crippen LogP contribution in [0.2, 0.25) is 0 Å². The molecule has 0 radical (unpaired) electrons. The standard InChI is InChI=1S/C12H20N6O/c1-17-7-3-4-9(17)8-18(2)12-14-6-5-10(15-12)11(13)16-19/h5-6,9,19H,3-4,7-8H2,1-2H3,(H2,13,16). The number of nitrogens with two attached hydrogens (primary N) is 1. The van der Waals surface area contributed by atoms with Gasteiger partial charge in [0.2, 0.25) is 5.95 Å². The summed E-state index contributed by atoms with van der Waals surface area (Å²) in [5.74, 6) is 0.583. The third kappa shape index (κ3) is 3.11. The van der Waals surface area contributed by atoms with Crippen LogP contribution in [0.25, 0.3) is 0 Å². The van der Waals surface area contributed by atoms with E-state index in [1.807, 2.05) is 11.9 Å². The minimum Gasteiger partial charge on any atom is -0.409 e. The molecule has 104 valence electrons. The van der Waals surface area contributed by atoms with E-state index in [4.69, 9.17) is 10.9 Å². The van der Waals surface area contributed by atoms with E-state index in [0.717, 1.165) is 13.1 Å². The average molecular weight is 264 g/mol. The van der Waals surface area contributed by atoms with E-state index >= 15 is 0 Å². The first-order valence-electron chi connectivity index (χ1n) is 6.34. The van der Waals surface area contributed by atoms with Gasteiger partial charge in [-0.2, -0.15) is 0 Å². The van der Waals surface area contributed by atoms with Gasteiger partial charge in [-0.15, -0.1) is 0 Å². The van der Waals surface area contributed by atoms with E-state index in [1.54, 1.807) is 12.3 Å². The number of aromatic nitrogens is 2. The lowest BCUT2D eigenvalue weighted by atomic mass is 10.2. The van der Waals surface area contributed by atoms with Gasteiger partial charge >= 0.3 is 0 Å². The third-order valence-electron chi connectivity index (χ3n) is 3.51. The fourth-order valence-electron chi connectivity index (χ4n) is 2.33. The summed E-state index contributed by atoms with van der Waals surface area (Å²) in [5.41, 5.74) is 5.96. The minimum absolute atomic E-state index is 0.00460. The van der Waals surface area contributed by atoms with Crippen molar-refractivity contribution in [1.82, 2.24) is 14.9 Å². The normalized spacial score (nSPS) is 20.7. The van der Waals surface area contributed by atoms with E-state index in [9.17, 15) is 0 Å². The number of hydrogen-bond acceptors (Lipinski definition) is 6. The Morgan fingerprint density at radius 1 is 1.68 bits per heavy atom. The highest BCUT2D eigenvalue weighted by atomic mass is 16.4. The van der Waals surface area contributed by atoms with Crippen molar-refractivity contribution in [3.63, 3.8) is 0 Å². The van der Waals surface area contributed by atoms with Crippen LogP contribution in [-0.2, 0) is 0 Å². The molecule has 1 aromatic rings. The number of likely N-dealkylation sites (N-methyl/N-ethyl adjacent to an activating group) is 2. The van der Waals surface area contributed by atoms with Crippen LogP contribution in [0.3, 0.4) is 0 Å². The molecule has 0 amide bonds. The highest BCUT2D eigenvalue weighted by molar-refractivity contribution is 5.95. The second kappa shape index (κ2) is 5.83. The Morgan fingerprint density at radius 3 is 3.11 bits per heavy atom. The average Bonchev–Trinajstić information content (AvgIpc) is 2.83. The highest BCUT2D eigenvalue weighted by Gasteiger charge is 2.23. The van der Waals surface area contributed by atoms with E-state index in [-0.39, 0.29) is 5.84 Å². The molecule has 19 heavy (non-hydrogen) atoms. The quantitative estimate of drug-likeness (QED) is 0.347. The van der Waals surface area contributed by atoms with Gasteiger partial charge in [0.25, 0.3) is 0 Å². The Bertz CT molecular complexity index is 463. The summed E-state index contributed by atoms with van der Waals surface area (Å²) in [6, 6.07) is 2.15. The summed E-state index contributed by atoms with van der Waals surface area (Å²) in [6.45, 7) is 2.01. The molecule has 2 rings (SSSR count). The zero-order chi connectivity index (χ0) is 13.8. The fourth-order valence-corrected chi connectivity index (χ4v) is 2.33. The predicted molar refractivity (Wildman–Crippen MR) is 73.5 cm³/mol. The van der Waals surface area contributed by atoms with Gasteiger partial charge in [0, 0.05) is 25.8 Å². The van der Waals surface area contributed by atoms with Gasteiger partial charge in [-0.1, -0.05) is 5.16 Å². The molecule has 7 nitrogen and oxygen atoms in total. The summed E-state index contributed by atoms with van der Waals surface area (Å²) in [5, 5.41) is 11.6. The molecule has 1 aromatic heterocycles. The lowest BCUT2D eigenvalue weighted by Gasteiger charge is -2.25. The zero-order valence-corrected chi connectivity index (χ0v) is 11.3. The van der Waals surface area contributed by atoms with Gasteiger partial charge in [0.1, 0.15) is 5.69 Å². The molecule has 0 aromatic carbocycles. The van der Waals surface area contributed by atoms with Crippen LogP contribution >= 0.6 is 0 Å². The van der Waals surface area contributed by atoms with Crippen LogP contribution in [0.1, 0.15) is 18.5 Å².